The van der Waals surface area contributed by atoms with Gasteiger partial charge in [0, 0.05) is 5.02 Å². The molecule has 100 valence electrons. The van der Waals surface area contributed by atoms with Gasteiger partial charge in [0.1, 0.15) is 5.67 Å². The van der Waals surface area contributed by atoms with E-state index in [0.717, 1.165) is 13.0 Å². The van der Waals surface area contributed by atoms with Crippen molar-refractivity contribution < 1.29 is 22.4 Å². The van der Waals surface area contributed by atoms with E-state index in [9.17, 15) is 22.4 Å². The van der Waals surface area contributed by atoms with E-state index >= 15 is 0 Å². The molecule has 2 N–H and O–H groups in total. The molecule has 0 aliphatic carbocycles. The highest BCUT2D eigenvalue weighted by molar-refractivity contribution is 6.30. The SMILES string of the molecule is CC(F)(CC(N)=O)c1cc(Cl)cc(C(F)(F)F)c1. The molecule has 0 bridgehead atoms. The van der Waals surface area contributed by atoms with Gasteiger partial charge in [-0.25, -0.2) is 4.39 Å². The molecule has 0 heterocycles. The summed E-state index contributed by atoms with van der Waals surface area (Å²) >= 11 is 5.52. The summed E-state index contributed by atoms with van der Waals surface area (Å²) < 4.78 is 51.7. The van der Waals surface area contributed by atoms with Crippen molar-refractivity contribution >= 4 is 17.5 Å². The van der Waals surface area contributed by atoms with Crippen molar-refractivity contribution in [2.75, 3.05) is 0 Å². The predicted molar refractivity (Wildman–Crippen MR) is 58.7 cm³/mol. The largest absolute Gasteiger partial charge is 0.416 e. The fourth-order valence-electron chi connectivity index (χ4n) is 1.48. The molecule has 0 spiro atoms. The van der Waals surface area contributed by atoms with E-state index < -0.39 is 29.7 Å². The second-order valence-corrected chi connectivity index (χ2v) is 4.50. The van der Waals surface area contributed by atoms with Gasteiger partial charge in [0.05, 0.1) is 12.0 Å². The average molecular weight is 284 g/mol. The van der Waals surface area contributed by atoms with Crippen LogP contribution in [0.2, 0.25) is 5.02 Å². The van der Waals surface area contributed by atoms with Crippen LogP contribution in [-0.2, 0) is 16.6 Å². The molecule has 1 amide bonds. The van der Waals surface area contributed by atoms with E-state index in [2.05, 4.69) is 0 Å². The summed E-state index contributed by atoms with van der Waals surface area (Å²) in [7, 11) is 0. The monoisotopic (exact) mass is 283 g/mol. The van der Waals surface area contributed by atoms with Crippen molar-refractivity contribution in [2.45, 2.75) is 25.2 Å². The minimum Gasteiger partial charge on any atom is -0.370 e. The van der Waals surface area contributed by atoms with Gasteiger partial charge in [-0.15, -0.1) is 0 Å². The molecule has 18 heavy (non-hydrogen) atoms. The quantitative estimate of drug-likeness (QED) is 0.849. The first-order valence-corrected chi connectivity index (χ1v) is 5.25. The molecule has 0 aromatic heterocycles. The van der Waals surface area contributed by atoms with Crippen LogP contribution < -0.4 is 5.73 Å². The van der Waals surface area contributed by atoms with Gasteiger partial charge in [0.2, 0.25) is 5.91 Å². The van der Waals surface area contributed by atoms with Crippen molar-refractivity contribution in [2.24, 2.45) is 5.73 Å². The van der Waals surface area contributed by atoms with Crippen LogP contribution in [0.1, 0.15) is 24.5 Å². The van der Waals surface area contributed by atoms with Gasteiger partial charge in [-0.05, 0) is 30.7 Å². The topological polar surface area (TPSA) is 43.1 Å². The number of amides is 1. The highest BCUT2D eigenvalue weighted by Gasteiger charge is 2.35. The Morgan fingerprint density at radius 3 is 2.17 bits per heavy atom. The van der Waals surface area contributed by atoms with Gasteiger partial charge < -0.3 is 5.73 Å². The second kappa shape index (κ2) is 4.76. The van der Waals surface area contributed by atoms with Gasteiger partial charge in [-0.2, -0.15) is 13.2 Å². The summed E-state index contributed by atoms with van der Waals surface area (Å²) in [5.41, 5.74) is 1.15. The van der Waals surface area contributed by atoms with Crippen LogP contribution in [-0.4, -0.2) is 5.91 Å². The third kappa shape index (κ3) is 3.60. The summed E-state index contributed by atoms with van der Waals surface area (Å²) in [6, 6.07) is 2.35. The maximum atomic E-state index is 14.1. The minimum atomic E-state index is -4.64. The number of hydrogen-bond acceptors (Lipinski definition) is 1. The summed E-state index contributed by atoms with van der Waals surface area (Å²) in [6.45, 7) is 0.976. The Kier molecular flexibility index (Phi) is 3.90. The van der Waals surface area contributed by atoms with Crippen LogP contribution in [0, 0.1) is 0 Å². The summed E-state index contributed by atoms with van der Waals surface area (Å²) in [5.74, 6) is -0.950. The third-order valence-corrected chi connectivity index (χ3v) is 2.55. The predicted octanol–water partition coefficient (Wildman–Crippen LogP) is 3.42. The van der Waals surface area contributed by atoms with Crippen LogP contribution >= 0.6 is 11.6 Å². The number of nitrogens with two attached hydrogens (primary N) is 1. The van der Waals surface area contributed by atoms with Gasteiger partial charge >= 0.3 is 6.18 Å². The van der Waals surface area contributed by atoms with Crippen molar-refractivity contribution in [1.29, 1.82) is 0 Å². The Labute approximate surface area is 106 Å². The molecule has 7 heteroatoms. The fraction of sp³-hybridized carbons (Fsp3) is 0.364. The molecular weight excluding hydrogens is 274 g/mol. The number of alkyl halides is 4. The molecule has 0 aliphatic heterocycles. The van der Waals surface area contributed by atoms with Gasteiger partial charge in [0.25, 0.3) is 0 Å². The highest BCUT2D eigenvalue weighted by atomic mass is 35.5. The van der Waals surface area contributed by atoms with Crippen LogP contribution in [0.3, 0.4) is 0 Å². The Morgan fingerprint density at radius 2 is 1.72 bits per heavy atom. The van der Waals surface area contributed by atoms with Crippen LogP contribution in [0.5, 0.6) is 0 Å². The molecule has 0 saturated heterocycles. The zero-order chi connectivity index (χ0) is 14.1. The zero-order valence-electron chi connectivity index (χ0n) is 9.31. The first-order valence-electron chi connectivity index (χ1n) is 4.88. The number of hydrogen-bond donors (Lipinski definition) is 1. The van der Waals surface area contributed by atoms with E-state index in [1.807, 2.05) is 0 Å². The maximum Gasteiger partial charge on any atom is 0.416 e. The minimum absolute atomic E-state index is 0.256. The number of primary amides is 1. The fourth-order valence-corrected chi connectivity index (χ4v) is 1.72. The number of rotatable bonds is 3. The molecule has 1 rings (SSSR count). The summed E-state index contributed by atoms with van der Waals surface area (Å²) in [4.78, 5) is 10.7. The molecule has 1 aromatic rings. The van der Waals surface area contributed by atoms with Crippen molar-refractivity contribution in [3.8, 4) is 0 Å². The Balaban J connectivity index is 3.25. The molecule has 2 nitrogen and oxygen atoms in total. The molecule has 0 saturated carbocycles. The van der Waals surface area contributed by atoms with E-state index in [1.54, 1.807) is 0 Å². The average Bonchev–Trinajstić information content (AvgIpc) is 2.13. The molecular formula is C11H10ClF4NO. The first-order chi connectivity index (χ1) is 8.02. The van der Waals surface area contributed by atoms with Crippen molar-refractivity contribution in [3.63, 3.8) is 0 Å². The highest BCUT2D eigenvalue weighted by Crippen LogP contribution is 2.37. The standard InChI is InChI=1S/C11H10ClF4NO/c1-10(13,5-9(17)18)6-2-7(11(14,15)16)4-8(12)3-6/h2-4H,5H2,1H3,(H2,17,18). The van der Waals surface area contributed by atoms with Crippen LogP contribution in [0.15, 0.2) is 18.2 Å². The number of carbonyl (C=O) groups excluding carboxylic acids is 1. The lowest BCUT2D eigenvalue weighted by atomic mass is 9.92. The first kappa shape index (κ1) is 14.8. The maximum absolute atomic E-state index is 14.1. The molecule has 1 unspecified atom stereocenters. The molecule has 0 aliphatic rings. The van der Waals surface area contributed by atoms with Crippen LogP contribution in [0.25, 0.3) is 0 Å². The van der Waals surface area contributed by atoms with E-state index in [-0.39, 0.29) is 10.6 Å². The normalized spacial score (nSPS) is 15.2. The lowest BCUT2D eigenvalue weighted by Gasteiger charge is -2.21. The number of carbonyl (C=O) groups is 1. The van der Waals surface area contributed by atoms with Gasteiger partial charge in [0.15, 0.2) is 0 Å². The third-order valence-electron chi connectivity index (χ3n) is 2.33. The molecule has 1 atom stereocenters. The molecule has 0 radical (unpaired) electrons. The van der Waals surface area contributed by atoms with E-state index in [0.29, 0.717) is 12.1 Å². The Bertz CT molecular complexity index is 471. The second-order valence-electron chi connectivity index (χ2n) is 4.07. The molecule has 1 aromatic carbocycles. The van der Waals surface area contributed by atoms with E-state index in [4.69, 9.17) is 17.3 Å². The zero-order valence-corrected chi connectivity index (χ0v) is 10.1. The van der Waals surface area contributed by atoms with Crippen LogP contribution in [0.4, 0.5) is 17.6 Å². The molecule has 0 fully saturated rings. The van der Waals surface area contributed by atoms with Gasteiger partial charge in [-0.3, -0.25) is 4.79 Å². The van der Waals surface area contributed by atoms with Crippen molar-refractivity contribution in [3.05, 3.63) is 34.3 Å². The summed E-state index contributed by atoms with van der Waals surface area (Å²) in [5, 5.41) is -0.256. The van der Waals surface area contributed by atoms with Crippen molar-refractivity contribution in [1.82, 2.24) is 0 Å². The number of benzene rings is 1. The lowest BCUT2D eigenvalue weighted by molar-refractivity contribution is -0.137. The Hall–Kier alpha value is -1.30. The van der Waals surface area contributed by atoms with E-state index in [1.165, 1.54) is 0 Å². The van der Waals surface area contributed by atoms with Gasteiger partial charge in [-0.1, -0.05) is 11.6 Å². The summed E-state index contributed by atoms with van der Waals surface area (Å²) in [6.07, 6.45) is -5.35. The Morgan fingerprint density at radius 1 is 1.22 bits per heavy atom. The smallest absolute Gasteiger partial charge is 0.370 e. The number of halogens is 5. The lowest BCUT2D eigenvalue weighted by Crippen LogP contribution is -2.25.